The van der Waals surface area contributed by atoms with Crippen LogP contribution in [0.3, 0.4) is 0 Å². The lowest BCUT2D eigenvalue weighted by Gasteiger charge is -2.26. The number of allylic oxidation sites excluding steroid dienone is 28. The molecule has 0 aromatic carbocycles. The summed E-state index contributed by atoms with van der Waals surface area (Å²) in [5, 5.41) is 11.8. The third kappa shape index (κ3) is 70.0. The van der Waals surface area contributed by atoms with Gasteiger partial charge < -0.3 is 33.3 Å². The Bertz CT molecular complexity index is 2070. The van der Waals surface area contributed by atoms with Crippen LogP contribution >= 0.6 is 0 Å². The molecule has 0 bridgehead atoms. The molecule has 0 saturated heterocycles. The van der Waals surface area contributed by atoms with E-state index in [1.807, 2.05) is 21.1 Å². The predicted molar refractivity (Wildman–Crippen MR) is 379 cm³/mol. The first-order chi connectivity index (χ1) is 43.6. The molecular formula is C80H129NO8. The van der Waals surface area contributed by atoms with Gasteiger partial charge >= 0.3 is 11.9 Å². The second-order valence-electron chi connectivity index (χ2n) is 24.1. The number of rotatable bonds is 63. The summed E-state index contributed by atoms with van der Waals surface area (Å²) in [7, 11) is 5.92. The number of carboxylic acid groups (broad SMARTS) is 1. The van der Waals surface area contributed by atoms with Crippen LogP contribution in [0.25, 0.3) is 0 Å². The summed E-state index contributed by atoms with van der Waals surface area (Å²) in [6.45, 7) is 4.50. The second-order valence-corrected chi connectivity index (χ2v) is 24.1. The molecule has 0 N–H and O–H groups in total. The van der Waals surface area contributed by atoms with Crippen LogP contribution in [0.4, 0.5) is 0 Å². The van der Waals surface area contributed by atoms with Crippen LogP contribution in [0.2, 0.25) is 0 Å². The molecule has 0 aromatic rings. The van der Waals surface area contributed by atoms with Crippen LogP contribution in [-0.2, 0) is 33.3 Å². The van der Waals surface area contributed by atoms with Gasteiger partial charge in [0.25, 0.3) is 0 Å². The second kappa shape index (κ2) is 68.6. The molecule has 2 atom stereocenters. The molecule has 0 aromatic heterocycles. The third-order valence-corrected chi connectivity index (χ3v) is 14.5. The Morgan fingerprint density at radius 2 is 0.607 bits per heavy atom. The van der Waals surface area contributed by atoms with Crippen LogP contribution < -0.4 is 5.11 Å². The molecule has 0 saturated carbocycles. The largest absolute Gasteiger partial charge is 0.545 e. The summed E-state index contributed by atoms with van der Waals surface area (Å²) in [6, 6.07) is 0. The molecule has 0 radical (unpaired) electrons. The average molecular weight is 1230 g/mol. The first-order valence-electron chi connectivity index (χ1n) is 35.3. The zero-order valence-corrected chi connectivity index (χ0v) is 57.2. The van der Waals surface area contributed by atoms with Crippen molar-refractivity contribution < 1.29 is 42.9 Å². The van der Waals surface area contributed by atoms with Crippen LogP contribution in [0, 0.1) is 0 Å². The number of likely N-dealkylation sites (N-methyl/N-ethyl adjacent to an activating group) is 1. The van der Waals surface area contributed by atoms with Gasteiger partial charge in [0.2, 0.25) is 0 Å². The van der Waals surface area contributed by atoms with Crippen molar-refractivity contribution in [3.63, 3.8) is 0 Å². The first kappa shape index (κ1) is 83.7. The lowest BCUT2D eigenvalue weighted by molar-refractivity contribution is -0.870. The number of hydrogen-bond donors (Lipinski definition) is 0. The monoisotopic (exact) mass is 1230 g/mol. The number of unbranched alkanes of at least 4 members (excludes halogenated alkanes) is 20. The minimum Gasteiger partial charge on any atom is -0.545 e. The molecule has 0 aliphatic heterocycles. The van der Waals surface area contributed by atoms with Gasteiger partial charge in [-0.2, -0.15) is 0 Å². The molecule has 0 fully saturated rings. The minimum atomic E-state index is -1.64. The molecule has 0 rings (SSSR count). The molecule has 0 spiro atoms. The number of carbonyl (C=O) groups excluding carboxylic acids is 3. The van der Waals surface area contributed by atoms with Crippen molar-refractivity contribution in [2.75, 3.05) is 47.5 Å². The standard InChI is InChI=1S/C80H129NO8/c1-6-8-10-12-14-16-18-20-22-24-26-28-30-32-34-36-37-38-39-40-41-43-45-47-49-51-53-55-57-59-61-63-65-67-69-71-78(83)89-76(75-88-80(79(84)85)86-73-72-81(3,4)5)74-87-77(82)70-68-66-64-62-60-58-56-54-52-50-48-46-44-42-35-33-31-29-27-25-23-21-19-17-15-13-11-9-7-2/h8-11,14-17,20-23,26-29,32-35,37-38,40-41,45,47,51,53,76,80H,6-7,12-13,18-19,24-25,30-31,36,39,42-44,46,48-50,52,54-75H2,1-5H3/b10-8-,11-9-,16-14-,17-15-,22-20-,23-21-,28-26-,29-27-,34-32-,35-33-,38-37-,41-40-,47-45-,53-51-. The van der Waals surface area contributed by atoms with Crippen molar-refractivity contribution in [3.05, 3.63) is 170 Å². The number of hydrogen-bond acceptors (Lipinski definition) is 8. The van der Waals surface area contributed by atoms with Crippen molar-refractivity contribution in [2.24, 2.45) is 0 Å². The third-order valence-electron chi connectivity index (χ3n) is 14.5. The summed E-state index contributed by atoms with van der Waals surface area (Å²) in [6.07, 6.45) is 99.9. The van der Waals surface area contributed by atoms with Crippen LogP contribution in [0.15, 0.2) is 170 Å². The Balaban J connectivity index is 4.21. The van der Waals surface area contributed by atoms with Crippen LogP contribution in [0.5, 0.6) is 0 Å². The van der Waals surface area contributed by atoms with Gasteiger partial charge in [-0.25, -0.2) is 0 Å². The van der Waals surface area contributed by atoms with Crippen LogP contribution in [-0.4, -0.2) is 82.3 Å². The van der Waals surface area contributed by atoms with Gasteiger partial charge in [0.15, 0.2) is 12.4 Å². The minimum absolute atomic E-state index is 0.136. The molecule has 89 heavy (non-hydrogen) atoms. The molecule has 9 heteroatoms. The van der Waals surface area contributed by atoms with Gasteiger partial charge in [0.05, 0.1) is 40.3 Å². The number of nitrogens with zero attached hydrogens (tertiary/aromatic N) is 1. The molecule has 0 aliphatic carbocycles. The van der Waals surface area contributed by atoms with Gasteiger partial charge in [-0.3, -0.25) is 9.59 Å². The predicted octanol–water partition coefficient (Wildman–Crippen LogP) is 20.9. The van der Waals surface area contributed by atoms with Crippen molar-refractivity contribution in [1.29, 1.82) is 0 Å². The average Bonchev–Trinajstić information content (AvgIpc) is 3.64. The quantitative estimate of drug-likeness (QED) is 0.0195. The van der Waals surface area contributed by atoms with E-state index >= 15 is 0 Å². The van der Waals surface area contributed by atoms with Gasteiger partial charge in [-0.1, -0.05) is 287 Å². The van der Waals surface area contributed by atoms with E-state index < -0.39 is 24.3 Å². The number of carbonyl (C=O) groups is 3. The highest BCUT2D eigenvalue weighted by molar-refractivity contribution is 5.70. The maximum atomic E-state index is 12.9. The zero-order chi connectivity index (χ0) is 64.7. The van der Waals surface area contributed by atoms with E-state index in [0.29, 0.717) is 17.4 Å². The molecule has 0 aliphatic rings. The van der Waals surface area contributed by atoms with Gasteiger partial charge in [0.1, 0.15) is 13.2 Å². The Morgan fingerprint density at radius 3 is 0.899 bits per heavy atom. The van der Waals surface area contributed by atoms with Crippen molar-refractivity contribution >= 4 is 17.9 Å². The fourth-order valence-electron chi connectivity index (χ4n) is 9.14. The normalized spacial score (nSPS) is 13.8. The lowest BCUT2D eigenvalue weighted by Crippen LogP contribution is -2.44. The van der Waals surface area contributed by atoms with E-state index in [1.54, 1.807) is 0 Å². The highest BCUT2D eigenvalue weighted by Crippen LogP contribution is 2.16. The number of carboxylic acids is 1. The smallest absolute Gasteiger partial charge is 0.306 e. The highest BCUT2D eigenvalue weighted by atomic mass is 16.7. The van der Waals surface area contributed by atoms with E-state index in [-0.39, 0.29) is 38.6 Å². The number of esters is 2. The van der Waals surface area contributed by atoms with Gasteiger partial charge in [-0.05, 0) is 128 Å². The van der Waals surface area contributed by atoms with Gasteiger partial charge in [-0.15, -0.1) is 0 Å². The number of ether oxygens (including phenoxy) is 4. The van der Waals surface area contributed by atoms with E-state index in [0.717, 1.165) is 135 Å². The molecule has 9 nitrogen and oxygen atoms in total. The summed E-state index contributed by atoms with van der Waals surface area (Å²) in [5.41, 5.74) is 0. The Hall–Kier alpha value is -5.35. The summed E-state index contributed by atoms with van der Waals surface area (Å²) in [4.78, 5) is 37.5. The first-order valence-corrected chi connectivity index (χ1v) is 35.3. The van der Waals surface area contributed by atoms with Gasteiger partial charge in [0, 0.05) is 12.8 Å². The summed E-state index contributed by atoms with van der Waals surface area (Å²) < 4.78 is 22.8. The summed E-state index contributed by atoms with van der Waals surface area (Å²) in [5.74, 6) is -2.31. The number of aliphatic carboxylic acids is 1. The fraction of sp³-hybridized carbons (Fsp3) is 0.613. The van der Waals surface area contributed by atoms with E-state index in [2.05, 4.69) is 184 Å². The van der Waals surface area contributed by atoms with E-state index in [9.17, 15) is 19.5 Å². The van der Waals surface area contributed by atoms with Crippen molar-refractivity contribution in [3.8, 4) is 0 Å². The molecule has 0 amide bonds. The van der Waals surface area contributed by atoms with Crippen molar-refractivity contribution in [2.45, 2.75) is 270 Å². The molecule has 2 unspecified atom stereocenters. The fourth-order valence-corrected chi connectivity index (χ4v) is 9.14. The highest BCUT2D eigenvalue weighted by Gasteiger charge is 2.22. The maximum absolute atomic E-state index is 12.9. The van der Waals surface area contributed by atoms with E-state index in [4.69, 9.17) is 18.9 Å². The van der Waals surface area contributed by atoms with Crippen LogP contribution in [0.1, 0.15) is 258 Å². The molecular weight excluding hydrogens is 1100 g/mol. The Morgan fingerprint density at radius 1 is 0.337 bits per heavy atom. The number of quaternary nitrogens is 1. The molecule has 0 heterocycles. The lowest BCUT2D eigenvalue weighted by atomic mass is 10.0. The Kier molecular flexibility index (Phi) is 64.4. The van der Waals surface area contributed by atoms with Crippen molar-refractivity contribution in [1.82, 2.24) is 0 Å². The molecule has 502 valence electrons. The zero-order valence-electron chi connectivity index (χ0n) is 57.2. The SMILES string of the molecule is CC/C=C\C/C=C\C/C=C\C/C=C\C/C=C\C/C=C\C/C=C\C/C=C\C/C=C\CCCCCCCCCC(=O)OC(COC(=O)CCCCCCCCCCCCCCC/C=C\C/C=C\C/C=C\C/C=C\C/C=C\CC)COC(OCC[N+](C)(C)C)C(=O)[O-]. The Labute approximate surface area is 546 Å². The van der Waals surface area contributed by atoms with E-state index in [1.165, 1.54) is 89.9 Å². The summed E-state index contributed by atoms with van der Waals surface area (Å²) >= 11 is 0. The topological polar surface area (TPSA) is 111 Å². The maximum Gasteiger partial charge on any atom is 0.306 e.